The molecule has 0 radical (unpaired) electrons. The van der Waals surface area contributed by atoms with Crippen LogP contribution in [0.4, 0.5) is 0 Å². The number of halogens is 1. The van der Waals surface area contributed by atoms with Crippen molar-refractivity contribution in [1.29, 1.82) is 0 Å². The Hall–Kier alpha value is -1.30. The topological polar surface area (TPSA) is 68.5 Å². The number of hydrogen-bond donors (Lipinski definition) is 1. The van der Waals surface area contributed by atoms with E-state index in [0.29, 0.717) is 4.47 Å². The normalized spacial score (nSPS) is 10.0. The Morgan fingerprint density at radius 3 is 2.80 bits per heavy atom. The summed E-state index contributed by atoms with van der Waals surface area (Å²) in [6.07, 6.45) is 1.53. The lowest BCUT2D eigenvalue weighted by Crippen LogP contribution is -2.16. The van der Waals surface area contributed by atoms with Crippen molar-refractivity contribution in [2.24, 2.45) is 0 Å². The number of esters is 1. The predicted molar refractivity (Wildman–Crippen MR) is 55.7 cm³/mol. The molecule has 1 rings (SSSR count). The highest BCUT2D eigenvalue weighted by Gasteiger charge is 2.14. The lowest BCUT2D eigenvalue weighted by atomic mass is 10.4. The van der Waals surface area contributed by atoms with Crippen molar-refractivity contribution in [3.63, 3.8) is 0 Å². The van der Waals surface area contributed by atoms with Crippen molar-refractivity contribution >= 4 is 27.9 Å². The highest BCUT2D eigenvalue weighted by Crippen LogP contribution is 2.15. The fourth-order valence-electron chi connectivity index (χ4n) is 1.13. The van der Waals surface area contributed by atoms with Crippen LogP contribution in [-0.4, -0.2) is 28.2 Å². The fourth-order valence-corrected chi connectivity index (χ4v) is 1.59. The molecule has 0 aromatic carbocycles. The third-order valence-electron chi connectivity index (χ3n) is 1.69. The van der Waals surface area contributed by atoms with Crippen LogP contribution in [-0.2, 0) is 16.1 Å². The minimum absolute atomic E-state index is 0.0509. The van der Waals surface area contributed by atoms with Gasteiger partial charge in [-0.05, 0) is 28.9 Å². The van der Waals surface area contributed by atoms with Crippen LogP contribution < -0.4 is 0 Å². The smallest absolute Gasteiger partial charge is 0.352 e. The van der Waals surface area contributed by atoms with E-state index in [1.807, 2.05) is 0 Å². The first-order valence-corrected chi connectivity index (χ1v) is 5.08. The number of rotatable bonds is 4. The SMILES string of the molecule is CCOC(=O)Cn1cc(Br)cc1C(=O)O. The first kappa shape index (κ1) is 11.8. The molecule has 0 fully saturated rings. The van der Waals surface area contributed by atoms with Gasteiger partial charge in [-0.1, -0.05) is 0 Å². The van der Waals surface area contributed by atoms with E-state index in [2.05, 4.69) is 15.9 Å². The molecular weight excluding hydrogens is 266 g/mol. The van der Waals surface area contributed by atoms with Gasteiger partial charge in [0.15, 0.2) is 0 Å². The monoisotopic (exact) mass is 275 g/mol. The van der Waals surface area contributed by atoms with Crippen molar-refractivity contribution in [3.05, 3.63) is 22.4 Å². The standard InChI is InChI=1S/C9H10BrNO4/c1-2-15-8(12)5-11-4-6(10)3-7(11)9(13)14/h3-4H,2,5H2,1H3,(H,13,14). The summed E-state index contributed by atoms with van der Waals surface area (Å²) in [6, 6.07) is 1.43. The molecule has 0 amide bonds. The van der Waals surface area contributed by atoms with Crippen LogP contribution in [0.15, 0.2) is 16.7 Å². The van der Waals surface area contributed by atoms with Crippen molar-refractivity contribution in [2.45, 2.75) is 13.5 Å². The Bertz CT molecular complexity index is 385. The molecular formula is C9H10BrNO4. The summed E-state index contributed by atoms with van der Waals surface area (Å²) in [5.41, 5.74) is 0.0509. The van der Waals surface area contributed by atoms with Crippen LogP contribution in [0, 0.1) is 0 Å². The van der Waals surface area contributed by atoms with Gasteiger partial charge in [0.2, 0.25) is 0 Å². The summed E-state index contributed by atoms with van der Waals surface area (Å²) in [7, 11) is 0. The third-order valence-corrected chi connectivity index (χ3v) is 2.12. The van der Waals surface area contributed by atoms with Crippen LogP contribution in [0.1, 0.15) is 17.4 Å². The Balaban J connectivity index is 2.84. The third kappa shape index (κ3) is 3.09. The zero-order valence-corrected chi connectivity index (χ0v) is 9.65. The molecule has 1 aromatic rings. The number of carbonyl (C=O) groups excluding carboxylic acids is 1. The van der Waals surface area contributed by atoms with Gasteiger partial charge in [0.1, 0.15) is 12.2 Å². The Labute approximate surface area is 94.8 Å². The molecule has 0 atom stereocenters. The predicted octanol–water partition coefficient (Wildman–Crippen LogP) is 1.51. The van der Waals surface area contributed by atoms with E-state index in [1.54, 1.807) is 6.92 Å². The molecule has 0 aliphatic heterocycles. The van der Waals surface area contributed by atoms with E-state index in [-0.39, 0.29) is 18.8 Å². The van der Waals surface area contributed by atoms with Gasteiger partial charge in [0.25, 0.3) is 0 Å². The van der Waals surface area contributed by atoms with Crippen LogP contribution in [0.5, 0.6) is 0 Å². The van der Waals surface area contributed by atoms with Crippen LogP contribution in [0.3, 0.4) is 0 Å². The molecule has 82 valence electrons. The van der Waals surface area contributed by atoms with Crippen molar-refractivity contribution < 1.29 is 19.4 Å². The van der Waals surface area contributed by atoms with Crippen molar-refractivity contribution in [2.75, 3.05) is 6.61 Å². The van der Waals surface area contributed by atoms with E-state index < -0.39 is 11.9 Å². The average molecular weight is 276 g/mol. The van der Waals surface area contributed by atoms with Gasteiger partial charge in [-0.2, -0.15) is 0 Å². The van der Waals surface area contributed by atoms with E-state index in [9.17, 15) is 9.59 Å². The second kappa shape index (κ2) is 4.97. The first-order valence-electron chi connectivity index (χ1n) is 4.29. The number of carboxylic acid groups (broad SMARTS) is 1. The Morgan fingerprint density at radius 1 is 1.60 bits per heavy atom. The molecule has 0 saturated carbocycles. The second-order valence-electron chi connectivity index (χ2n) is 2.78. The minimum atomic E-state index is -1.08. The molecule has 5 nitrogen and oxygen atoms in total. The largest absolute Gasteiger partial charge is 0.477 e. The number of hydrogen-bond acceptors (Lipinski definition) is 3. The van der Waals surface area contributed by atoms with Gasteiger partial charge in [0.05, 0.1) is 6.61 Å². The van der Waals surface area contributed by atoms with E-state index in [1.165, 1.54) is 16.8 Å². The summed E-state index contributed by atoms with van der Waals surface area (Å²) >= 11 is 3.14. The molecule has 1 aromatic heterocycles. The van der Waals surface area contributed by atoms with Crippen LogP contribution >= 0.6 is 15.9 Å². The van der Waals surface area contributed by atoms with Gasteiger partial charge in [-0.3, -0.25) is 4.79 Å². The average Bonchev–Trinajstić information content (AvgIpc) is 2.47. The molecule has 0 unspecified atom stereocenters. The number of carboxylic acids is 1. The number of aromatic nitrogens is 1. The zero-order valence-electron chi connectivity index (χ0n) is 8.07. The number of nitrogens with zero attached hydrogens (tertiary/aromatic N) is 1. The van der Waals surface area contributed by atoms with Crippen molar-refractivity contribution in [1.82, 2.24) is 4.57 Å². The molecule has 1 heterocycles. The molecule has 6 heteroatoms. The van der Waals surface area contributed by atoms with Gasteiger partial charge in [-0.25, -0.2) is 4.79 Å². The van der Waals surface area contributed by atoms with E-state index >= 15 is 0 Å². The number of aromatic carboxylic acids is 1. The summed E-state index contributed by atoms with van der Waals surface area (Å²) in [5, 5.41) is 8.83. The summed E-state index contributed by atoms with van der Waals surface area (Å²) in [5.74, 6) is -1.53. The van der Waals surface area contributed by atoms with Gasteiger partial charge in [-0.15, -0.1) is 0 Å². The second-order valence-corrected chi connectivity index (χ2v) is 3.70. The van der Waals surface area contributed by atoms with E-state index in [4.69, 9.17) is 9.84 Å². The quantitative estimate of drug-likeness (QED) is 0.846. The fraction of sp³-hybridized carbons (Fsp3) is 0.333. The Morgan fingerprint density at radius 2 is 2.27 bits per heavy atom. The van der Waals surface area contributed by atoms with E-state index in [0.717, 1.165) is 0 Å². The molecule has 0 bridgehead atoms. The highest BCUT2D eigenvalue weighted by molar-refractivity contribution is 9.10. The minimum Gasteiger partial charge on any atom is -0.477 e. The molecule has 0 aliphatic rings. The number of ether oxygens (including phenoxy) is 1. The molecule has 0 aliphatic carbocycles. The summed E-state index contributed by atoms with van der Waals surface area (Å²) in [6.45, 7) is 1.88. The lowest BCUT2D eigenvalue weighted by molar-refractivity contribution is -0.143. The highest BCUT2D eigenvalue weighted by atomic mass is 79.9. The lowest BCUT2D eigenvalue weighted by Gasteiger charge is -2.05. The Kier molecular flexibility index (Phi) is 3.90. The molecule has 0 saturated heterocycles. The maximum atomic E-state index is 11.1. The van der Waals surface area contributed by atoms with Gasteiger partial charge < -0.3 is 14.4 Å². The first-order chi connectivity index (χ1) is 7.04. The molecule has 15 heavy (non-hydrogen) atoms. The summed E-state index contributed by atoms with van der Waals surface area (Å²) < 4.78 is 6.66. The summed E-state index contributed by atoms with van der Waals surface area (Å²) in [4.78, 5) is 21.9. The molecule has 0 spiro atoms. The van der Waals surface area contributed by atoms with Crippen molar-refractivity contribution in [3.8, 4) is 0 Å². The van der Waals surface area contributed by atoms with Gasteiger partial charge in [0, 0.05) is 10.7 Å². The maximum absolute atomic E-state index is 11.1. The number of carbonyl (C=O) groups is 2. The maximum Gasteiger partial charge on any atom is 0.352 e. The van der Waals surface area contributed by atoms with Crippen LogP contribution in [0.25, 0.3) is 0 Å². The van der Waals surface area contributed by atoms with Gasteiger partial charge >= 0.3 is 11.9 Å². The van der Waals surface area contributed by atoms with Crippen LogP contribution in [0.2, 0.25) is 0 Å². The zero-order chi connectivity index (χ0) is 11.4. The molecule has 1 N–H and O–H groups in total.